The van der Waals surface area contributed by atoms with Crippen LogP contribution in [0.4, 0.5) is 5.69 Å². The van der Waals surface area contributed by atoms with Gasteiger partial charge in [-0.25, -0.2) is 4.98 Å². The molecule has 1 aromatic heterocycles. The van der Waals surface area contributed by atoms with Gasteiger partial charge in [-0.05, 0) is 48.9 Å². The second kappa shape index (κ2) is 6.54. The van der Waals surface area contributed by atoms with Gasteiger partial charge in [-0.1, -0.05) is 35.9 Å². The number of benzene rings is 1. The molecule has 4 nitrogen and oxygen atoms in total. The van der Waals surface area contributed by atoms with E-state index in [1.807, 2.05) is 0 Å². The minimum absolute atomic E-state index is 0.0267. The zero-order valence-electron chi connectivity index (χ0n) is 13.4. The quantitative estimate of drug-likeness (QED) is 0.841. The first kappa shape index (κ1) is 15.6. The predicted octanol–water partition coefficient (Wildman–Crippen LogP) is 3.83. The molecule has 1 atom stereocenters. The standard InChI is InChI=1S/C19H20ClN3O/c20-19-16(6-3-11-21-19)22-18(24)12-23(14-8-9-14)17-10-7-13-4-1-2-5-15(13)17/h1-6,11,14,17H,7-10,12H2,(H,22,24). The molecule has 0 saturated heterocycles. The lowest BCUT2D eigenvalue weighted by atomic mass is 10.1. The van der Waals surface area contributed by atoms with Gasteiger partial charge in [-0.2, -0.15) is 0 Å². The Hall–Kier alpha value is -1.91. The van der Waals surface area contributed by atoms with Gasteiger partial charge >= 0.3 is 0 Å². The summed E-state index contributed by atoms with van der Waals surface area (Å²) >= 11 is 6.03. The highest BCUT2D eigenvalue weighted by atomic mass is 35.5. The fourth-order valence-corrected chi connectivity index (χ4v) is 3.78. The second-order valence-corrected chi connectivity index (χ2v) is 6.90. The van der Waals surface area contributed by atoms with E-state index in [9.17, 15) is 4.79 Å². The summed E-state index contributed by atoms with van der Waals surface area (Å²) in [6, 6.07) is 13.0. The zero-order valence-corrected chi connectivity index (χ0v) is 14.2. The highest BCUT2D eigenvalue weighted by molar-refractivity contribution is 6.32. The summed E-state index contributed by atoms with van der Waals surface area (Å²) in [6.07, 6.45) is 6.17. The molecule has 2 aromatic rings. The van der Waals surface area contributed by atoms with E-state index in [4.69, 9.17) is 11.6 Å². The van der Waals surface area contributed by atoms with Gasteiger partial charge in [-0.3, -0.25) is 9.69 Å². The Morgan fingerprint density at radius 1 is 1.21 bits per heavy atom. The fourth-order valence-electron chi connectivity index (χ4n) is 3.61. The minimum atomic E-state index is -0.0267. The van der Waals surface area contributed by atoms with E-state index in [0.29, 0.717) is 29.5 Å². The van der Waals surface area contributed by atoms with Crippen molar-refractivity contribution in [3.05, 3.63) is 58.9 Å². The smallest absolute Gasteiger partial charge is 0.238 e. The topological polar surface area (TPSA) is 45.2 Å². The van der Waals surface area contributed by atoms with E-state index in [2.05, 4.69) is 39.5 Å². The highest BCUT2D eigenvalue weighted by Gasteiger charge is 2.38. The number of nitrogens with one attached hydrogen (secondary N) is 1. The number of amides is 1. The Kier molecular flexibility index (Phi) is 4.25. The average Bonchev–Trinajstić information content (AvgIpc) is 3.34. The number of aryl methyl sites for hydroxylation is 1. The van der Waals surface area contributed by atoms with Crippen LogP contribution < -0.4 is 5.32 Å². The number of carbonyl (C=O) groups excluding carboxylic acids is 1. The zero-order chi connectivity index (χ0) is 16.5. The molecular weight excluding hydrogens is 322 g/mol. The maximum atomic E-state index is 12.5. The molecule has 2 aliphatic rings. The van der Waals surface area contributed by atoms with Gasteiger partial charge in [0.1, 0.15) is 0 Å². The Labute approximate surface area is 146 Å². The monoisotopic (exact) mass is 341 g/mol. The Balaban J connectivity index is 1.49. The first-order chi connectivity index (χ1) is 11.7. The molecule has 1 heterocycles. The number of hydrogen-bond acceptors (Lipinski definition) is 3. The van der Waals surface area contributed by atoms with E-state index in [1.54, 1.807) is 18.3 Å². The second-order valence-electron chi connectivity index (χ2n) is 6.55. The lowest BCUT2D eigenvalue weighted by molar-refractivity contribution is -0.118. The number of pyridine rings is 1. The van der Waals surface area contributed by atoms with Crippen molar-refractivity contribution in [3.63, 3.8) is 0 Å². The number of aromatic nitrogens is 1. The van der Waals surface area contributed by atoms with Gasteiger partial charge in [0.05, 0.1) is 12.2 Å². The molecule has 1 N–H and O–H groups in total. The SMILES string of the molecule is O=C(CN(C1CC1)C1CCc2ccccc21)Nc1cccnc1Cl. The first-order valence-electron chi connectivity index (χ1n) is 8.46. The van der Waals surface area contributed by atoms with Gasteiger partial charge in [0.25, 0.3) is 0 Å². The molecule has 0 aliphatic heterocycles. The summed E-state index contributed by atoms with van der Waals surface area (Å²) in [7, 11) is 0. The van der Waals surface area contributed by atoms with Gasteiger partial charge in [0.2, 0.25) is 5.91 Å². The van der Waals surface area contributed by atoms with Crippen molar-refractivity contribution >= 4 is 23.2 Å². The number of nitrogens with zero attached hydrogens (tertiary/aromatic N) is 2. The number of anilines is 1. The summed E-state index contributed by atoms with van der Waals surface area (Å²) in [6.45, 7) is 0.398. The van der Waals surface area contributed by atoms with E-state index >= 15 is 0 Å². The van der Waals surface area contributed by atoms with Crippen molar-refractivity contribution in [2.45, 2.75) is 37.8 Å². The fraction of sp³-hybridized carbons (Fsp3) is 0.368. The van der Waals surface area contributed by atoms with Crippen LogP contribution in [0, 0.1) is 0 Å². The maximum absolute atomic E-state index is 12.5. The van der Waals surface area contributed by atoms with Crippen molar-refractivity contribution < 1.29 is 4.79 Å². The lowest BCUT2D eigenvalue weighted by Crippen LogP contribution is -2.37. The number of hydrogen-bond donors (Lipinski definition) is 1. The van der Waals surface area contributed by atoms with Gasteiger partial charge in [-0.15, -0.1) is 0 Å². The van der Waals surface area contributed by atoms with Crippen LogP contribution in [-0.4, -0.2) is 28.4 Å². The molecular formula is C19H20ClN3O. The molecule has 2 aliphatic carbocycles. The van der Waals surface area contributed by atoms with E-state index < -0.39 is 0 Å². The van der Waals surface area contributed by atoms with Crippen molar-refractivity contribution in [2.24, 2.45) is 0 Å². The van der Waals surface area contributed by atoms with Crippen LogP contribution in [0.25, 0.3) is 0 Å². The molecule has 1 aromatic carbocycles. The van der Waals surface area contributed by atoms with E-state index in [0.717, 1.165) is 12.8 Å². The number of rotatable bonds is 5. The molecule has 5 heteroatoms. The van der Waals surface area contributed by atoms with Crippen LogP contribution in [0.3, 0.4) is 0 Å². The van der Waals surface area contributed by atoms with Crippen LogP contribution >= 0.6 is 11.6 Å². The molecule has 4 rings (SSSR count). The van der Waals surface area contributed by atoms with Crippen molar-refractivity contribution in [1.82, 2.24) is 9.88 Å². The number of fused-ring (bicyclic) bond motifs is 1. The molecule has 24 heavy (non-hydrogen) atoms. The third-order valence-electron chi connectivity index (χ3n) is 4.88. The van der Waals surface area contributed by atoms with Crippen LogP contribution in [0.2, 0.25) is 5.15 Å². The molecule has 1 fully saturated rings. The average molecular weight is 342 g/mol. The van der Waals surface area contributed by atoms with Crippen molar-refractivity contribution in [1.29, 1.82) is 0 Å². The minimum Gasteiger partial charge on any atom is -0.322 e. The van der Waals surface area contributed by atoms with E-state index in [1.165, 1.54) is 24.0 Å². The van der Waals surface area contributed by atoms with Crippen LogP contribution in [0.1, 0.15) is 36.4 Å². The predicted molar refractivity (Wildman–Crippen MR) is 95.1 cm³/mol. The van der Waals surface area contributed by atoms with Crippen molar-refractivity contribution in [2.75, 3.05) is 11.9 Å². The summed E-state index contributed by atoms with van der Waals surface area (Å²) < 4.78 is 0. The molecule has 0 radical (unpaired) electrons. The normalized spacial score (nSPS) is 19.3. The van der Waals surface area contributed by atoms with Gasteiger partial charge < -0.3 is 5.32 Å². The number of halogens is 1. The molecule has 124 valence electrons. The number of carbonyl (C=O) groups is 1. The largest absolute Gasteiger partial charge is 0.322 e. The Morgan fingerprint density at radius 2 is 2.04 bits per heavy atom. The molecule has 0 spiro atoms. The lowest BCUT2D eigenvalue weighted by Gasteiger charge is -2.29. The summed E-state index contributed by atoms with van der Waals surface area (Å²) in [5.74, 6) is -0.0267. The highest BCUT2D eigenvalue weighted by Crippen LogP contribution is 2.41. The summed E-state index contributed by atoms with van der Waals surface area (Å²) in [5.41, 5.74) is 3.38. The Morgan fingerprint density at radius 3 is 2.83 bits per heavy atom. The van der Waals surface area contributed by atoms with Crippen LogP contribution in [0.5, 0.6) is 0 Å². The molecule has 0 bridgehead atoms. The van der Waals surface area contributed by atoms with E-state index in [-0.39, 0.29) is 5.91 Å². The van der Waals surface area contributed by atoms with Gasteiger partial charge in [0, 0.05) is 18.3 Å². The van der Waals surface area contributed by atoms with Gasteiger partial charge in [0.15, 0.2) is 5.15 Å². The van der Waals surface area contributed by atoms with Crippen molar-refractivity contribution in [3.8, 4) is 0 Å². The maximum Gasteiger partial charge on any atom is 0.238 e. The molecule has 1 saturated carbocycles. The first-order valence-corrected chi connectivity index (χ1v) is 8.84. The summed E-state index contributed by atoms with van der Waals surface area (Å²) in [5, 5.41) is 3.22. The van der Waals surface area contributed by atoms with Crippen LogP contribution in [0.15, 0.2) is 42.6 Å². The molecule has 1 unspecified atom stereocenters. The third kappa shape index (κ3) is 3.17. The molecule has 1 amide bonds. The summed E-state index contributed by atoms with van der Waals surface area (Å²) in [4.78, 5) is 18.9. The Bertz CT molecular complexity index is 760. The van der Waals surface area contributed by atoms with Crippen LogP contribution in [-0.2, 0) is 11.2 Å². The third-order valence-corrected chi connectivity index (χ3v) is 5.18.